The van der Waals surface area contributed by atoms with Crippen molar-refractivity contribution in [2.24, 2.45) is 4.99 Å². The van der Waals surface area contributed by atoms with Crippen LogP contribution < -0.4 is 15.4 Å². The summed E-state index contributed by atoms with van der Waals surface area (Å²) in [4.78, 5) is 4.79. The first-order valence-corrected chi connectivity index (χ1v) is 10.1. The number of guanidine groups is 1. The molecular weight excluding hydrogens is 362 g/mol. The van der Waals surface area contributed by atoms with Gasteiger partial charge in [-0.05, 0) is 35.7 Å². The molecule has 0 saturated carbocycles. The highest BCUT2D eigenvalue weighted by molar-refractivity contribution is 5.79. The largest absolute Gasteiger partial charge is 0.488 e. The minimum Gasteiger partial charge on any atom is -0.488 e. The zero-order chi connectivity index (χ0) is 19.9. The Labute approximate surface area is 171 Å². The van der Waals surface area contributed by atoms with Crippen LogP contribution in [0.5, 0.6) is 5.75 Å². The summed E-state index contributed by atoms with van der Waals surface area (Å²) in [6, 6.07) is 18.6. The van der Waals surface area contributed by atoms with Crippen LogP contribution in [0.3, 0.4) is 0 Å². The Morgan fingerprint density at radius 1 is 1.10 bits per heavy atom. The molecule has 1 aromatic heterocycles. The van der Waals surface area contributed by atoms with Gasteiger partial charge < -0.3 is 15.4 Å². The maximum atomic E-state index is 6.02. The van der Waals surface area contributed by atoms with Gasteiger partial charge in [0, 0.05) is 25.4 Å². The lowest BCUT2D eigenvalue weighted by molar-refractivity contribution is 0.235. The van der Waals surface area contributed by atoms with Crippen molar-refractivity contribution in [3.05, 3.63) is 83.7 Å². The molecule has 3 aromatic rings. The first-order chi connectivity index (χ1) is 14.3. The summed E-state index contributed by atoms with van der Waals surface area (Å²) in [6.45, 7) is 4.96. The Hall–Kier alpha value is -3.28. The van der Waals surface area contributed by atoms with Gasteiger partial charge in [-0.3, -0.25) is 4.68 Å². The van der Waals surface area contributed by atoms with Crippen LogP contribution in [0.25, 0.3) is 0 Å². The summed E-state index contributed by atoms with van der Waals surface area (Å²) in [6.07, 6.45) is 4.83. The number of nitrogens with one attached hydrogen (secondary N) is 2. The molecule has 0 amide bonds. The van der Waals surface area contributed by atoms with Gasteiger partial charge >= 0.3 is 0 Å². The number of hydrogen-bond donors (Lipinski definition) is 2. The minimum absolute atomic E-state index is 0.128. The predicted molar refractivity (Wildman–Crippen MR) is 115 cm³/mol. The van der Waals surface area contributed by atoms with Gasteiger partial charge in [-0.15, -0.1) is 0 Å². The molecule has 0 spiro atoms. The third-order valence-corrected chi connectivity index (χ3v) is 4.97. The Balaban J connectivity index is 1.38. The van der Waals surface area contributed by atoms with Crippen molar-refractivity contribution < 1.29 is 4.74 Å². The predicted octanol–water partition coefficient (Wildman–Crippen LogP) is 2.99. The summed E-state index contributed by atoms with van der Waals surface area (Å²) in [5.74, 6) is 1.80. The maximum Gasteiger partial charge on any atom is 0.191 e. The Morgan fingerprint density at radius 2 is 1.93 bits per heavy atom. The Morgan fingerprint density at radius 3 is 2.72 bits per heavy atom. The molecule has 0 fully saturated rings. The molecule has 29 heavy (non-hydrogen) atoms. The number of fused-ring (bicyclic) bond motifs is 1. The van der Waals surface area contributed by atoms with E-state index in [0.717, 1.165) is 37.8 Å². The van der Waals surface area contributed by atoms with E-state index >= 15 is 0 Å². The molecule has 4 rings (SSSR count). The van der Waals surface area contributed by atoms with Gasteiger partial charge in [-0.2, -0.15) is 5.10 Å². The van der Waals surface area contributed by atoms with Crippen LogP contribution in [0.4, 0.5) is 0 Å². The molecule has 150 valence electrons. The van der Waals surface area contributed by atoms with Crippen molar-refractivity contribution in [1.82, 2.24) is 20.4 Å². The first kappa shape index (κ1) is 19.1. The monoisotopic (exact) mass is 389 g/mol. The molecule has 0 bridgehead atoms. The molecular formula is C23H27N5O. The lowest BCUT2D eigenvalue weighted by Crippen LogP contribution is -2.42. The van der Waals surface area contributed by atoms with E-state index in [9.17, 15) is 0 Å². The fourth-order valence-corrected chi connectivity index (χ4v) is 3.52. The third kappa shape index (κ3) is 4.96. The summed E-state index contributed by atoms with van der Waals surface area (Å²) in [7, 11) is 0. The highest BCUT2D eigenvalue weighted by Gasteiger charge is 2.22. The number of rotatable bonds is 7. The normalized spacial score (nSPS) is 15.6. The first-order valence-electron chi connectivity index (χ1n) is 10.1. The number of aromatic nitrogens is 2. The minimum atomic E-state index is 0.128. The summed E-state index contributed by atoms with van der Waals surface area (Å²) in [5, 5.41) is 11.1. The van der Waals surface area contributed by atoms with E-state index in [1.54, 1.807) is 6.20 Å². The molecule has 6 heteroatoms. The van der Waals surface area contributed by atoms with Crippen LogP contribution in [0.15, 0.2) is 72.0 Å². The highest BCUT2D eigenvalue weighted by Crippen LogP contribution is 2.27. The van der Waals surface area contributed by atoms with Gasteiger partial charge in [-0.25, -0.2) is 4.99 Å². The number of hydrogen-bond acceptors (Lipinski definition) is 3. The van der Waals surface area contributed by atoms with Gasteiger partial charge in [-0.1, -0.05) is 42.5 Å². The standard InChI is InChI=1S/C23H27N5O/c1-2-24-23(26-16-21-14-18-8-5-6-11-22(18)29-21)25-15-19-9-3-4-10-20(19)17-28-13-7-12-27-28/h3-13,21H,2,14-17H2,1H3,(H2,24,25,26). The quantitative estimate of drug-likeness (QED) is 0.482. The smallest absolute Gasteiger partial charge is 0.191 e. The van der Waals surface area contributed by atoms with E-state index in [2.05, 4.69) is 59.1 Å². The van der Waals surface area contributed by atoms with Crippen molar-refractivity contribution >= 4 is 5.96 Å². The molecule has 0 aliphatic carbocycles. The average Bonchev–Trinajstić information content (AvgIpc) is 3.40. The molecule has 2 N–H and O–H groups in total. The van der Waals surface area contributed by atoms with E-state index in [4.69, 9.17) is 9.73 Å². The van der Waals surface area contributed by atoms with Gasteiger partial charge in [0.05, 0.1) is 19.6 Å². The van der Waals surface area contributed by atoms with Crippen LogP contribution in [0.2, 0.25) is 0 Å². The van der Waals surface area contributed by atoms with E-state index in [0.29, 0.717) is 6.54 Å². The summed E-state index contributed by atoms with van der Waals surface area (Å²) < 4.78 is 7.95. The van der Waals surface area contributed by atoms with E-state index in [1.165, 1.54) is 16.7 Å². The van der Waals surface area contributed by atoms with Crippen LogP contribution in [-0.2, 0) is 19.5 Å². The molecule has 1 aliphatic rings. The number of aliphatic imine (C=N–C) groups is 1. The number of nitrogens with zero attached hydrogens (tertiary/aromatic N) is 3. The number of para-hydroxylation sites is 1. The second-order valence-electron chi connectivity index (χ2n) is 7.10. The van der Waals surface area contributed by atoms with E-state index in [1.807, 2.05) is 29.1 Å². The molecule has 2 heterocycles. The number of ether oxygens (including phenoxy) is 1. The second-order valence-corrected chi connectivity index (χ2v) is 7.10. The maximum absolute atomic E-state index is 6.02. The topological polar surface area (TPSA) is 63.5 Å². The summed E-state index contributed by atoms with van der Waals surface area (Å²) >= 11 is 0. The van der Waals surface area contributed by atoms with E-state index < -0.39 is 0 Å². The molecule has 1 unspecified atom stereocenters. The van der Waals surface area contributed by atoms with Gasteiger partial charge in [0.15, 0.2) is 5.96 Å². The fraction of sp³-hybridized carbons (Fsp3) is 0.304. The van der Waals surface area contributed by atoms with Crippen molar-refractivity contribution in [3.8, 4) is 5.75 Å². The zero-order valence-electron chi connectivity index (χ0n) is 16.7. The molecule has 0 radical (unpaired) electrons. The molecule has 1 atom stereocenters. The van der Waals surface area contributed by atoms with Gasteiger partial charge in [0.2, 0.25) is 0 Å². The lowest BCUT2D eigenvalue weighted by Gasteiger charge is -2.16. The van der Waals surface area contributed by atoms with Crippen LogP contribution in [0.1, 0.15) is 23.6 Å². The van der Waals surface area contributed by atoms with Gasteiger partial charge in [0.25, 0.3) is 0 Å². The van der Waals surface area contributed by atoms with E-state index in [-0.39, 0.29) is 6.10 Å². The van der Waals surface area contributed by atoms with Crippen molar-refractivity contribution in [2.45, 2.75) is 32.5 Å². The summed E-state index contributed by atoms with van der Waals surface area (Å²) in [5.41, 5.74) is 3.70. The Bertz CT molecular complexity index is 926. The van der Waals surface area contributed by atoms with Crippen LogP contribution in [-0.4, -0.2) is 34.9 Å². The Kier molecular flexibility index (Phi) is 6.10. The zero-order valence-corrected chi connectivity index (χ0v) is 16.7. The molecule has 6 nitrogen and oxygen atoms in total. The van der Waals surface area contributed by atoms with Crippen LogP contribution in [0, 0.1) is 0 Å². The van der Waals surface area contributed by atoms with Gasteiger partial charge in [0.1, 0.15) is 11.9 Å². The molecule has 2 aromatic carbocycles. The lowest BCUT2D eigenvalue weighted by atomic mass is 10.1. The fourth-order valence-electron chi connectivity index (χ4n) is 3.52. The van der Waals surface area contributed by atoms with Crippen LogP contribution >= 0.6 is 0 Å². The second kappa shape index (κ2) is 9.28. The molecule has 1 aliphatic heterocycles. The van der Waals surface area contributed by atoms with Crippen molar-refractivity contribution in [3.63, 3.8) is 0 Å². The van der Waals surface area contributed by atoms with Crippen molar-refractivity contribution in [1.29, 1.82) is 0 Å². The highest BCUT2D eigenvalue weighted by atomic mass is 16.5. The number of benzene rings is 2. The SMILES string of the molecule is CCNC(=NCc1ccccc1Cn1cccn1)NCC1Cc2ccccc2O1. The third-order valence-electron chi connectivity index (χ3n) is 4.97. The van der Waals surface area contributed by atoms with Crippen molar-refractivity contribution in [2.75, 3.05) is 13.1 Å². The average molecular weight is 390 g/mol. The molecule has 0 saturated heterocycles.